The molecule has 3 aromatic rings. The molecule has 2 heterocycles. The number of furan rings is 1. The van der Waals surface area contributed by atoms with Crippen LogP contribution in [0, 0.1) is 5.92 Å². The first-order chi connectivity index (χ1) is 11.7. The lowest BCUT2D eigenvalue weighted by atomic mass is 10.0. The van der Waals surface area contributed by atoms with Gasteiger partial charge in [0.2, 0.25) is 0 Å². The lowest BCUT2D eigenvalue weighted by Gasteiger charge is -2.18. The zero-order valence-electron chi connectivity index (χ0n) is 13.2. The van der Waals surface area contributed by atoms with Crippen LogP contribution in [0.5, 0.6) is 0 Å². The summed E-state index contributed by atoms with van der Waals surface area (Å²) in [5.74, 6) is 1.15. The molecule has 1 saturated carbocycles. The van der Waals surface area contributed by atoms with Crippen molar-refractivity contribution in [1.82, 2.24) is 10.3 Å². The fourth-order valence-electron chi connectivity index (χ4n) is 3.30. The molecule has 2 atom stereocenters. The van der Waals surface area contributed by atoms with Crippen LogP contribution in [0.2, 0.25) is 0 Å². The van der Waals surface area contributed by atoms with E-state index in [9.17, 15) is 4.79 Å². The molecule has 0 radical (unpaired) electrons. The van der Waals surface area contributed by atoms with Crippen LogP contribution in [0.4, 0.5) is 0 Å². The monoisotopic (exact) mass is 341 g/mol. The number of benzene rings is 1. The third-order valence-corrected chi connectivity index (χ3v) is 5.66. The van der Waals surface area contributed by atoms with Crippen molar-refractivity contribution < 1.29 is 9.21 Å². The molecule has 6 heteroatoms. The van der Waals surface area contributed by atoms with Crippen molar-refractivity contribution in [3.63, 3.8) is 0 Å². The van der Waals surface area contributed by atoms with Gasteiger partial charge in [-0.1, -0.05) is 18.6 Å². The molecule has 1 aromatic carbocycles. The highest BCUT2D eigenvalue weighted by molar-refractivity contribution is 7.21. The van der Waals surface area contributed by atoms with Gasteiger partial charge in [0.15, 0.2) is 16.5 Å². The highest BCUT2D eigenvalue weighted by Crippen LogP contribution is 2.31. The quantitative estimate of drug-likeness (QED) is 0.762. The zero-order chi connectivity index (χ0) is 16.5. The molecule has 4 rings (SSSR count). The Bertz CT molecular complexity index is 837. The van der Waals surface area contributed by atoms with Crippen molar-refractivity contribution in [1.29, 1.82) is 0 Å². The Kier molecular flexibility index (Phi) is 4.08. The van der Waals surface area contributed by atoms with Gasteiger partial charge in [-0.3, -0.25) is 4.79 Å². The molecule has 0 spiro atoms. The number of hydrogen-bond acceptors (Lipinski definition) is 5. The Hall–Kier alpha value is -2.18. The molecule has 0 aliphatic heterocycles. The topological polar surface area (TPSA) is 81.1 Å². The number of thiazole rings is 1. The lowest BCUT2D eigenvalue weighted by molar-refractivity contribution is 0.0901. The normalized spacial score (nSPS) is 20.5. The van der Waals surface area contributed by atoms with Gasteiger partial charge in [-0.2, -0.15) is 0 Å². The summed E-state index contributed by atoms with van der Waals surface area (Å²) in [4.78, 5) is 17.0. The molecule has 1 amide bonds. The Balaban J connectivity index is 1.52. The predicted octanol–water partition coefficient (Wildman–Crippen LogP) is 3.41. The average molecular weight is 341 g/mol. The van der Waals surface area contributed by atoms with Gasteiger partial charge in [0.05, 0.1) is 10.2 Å². The van der Waals surface area contributed by atoms with E-state index in [-0.39, 0.29) is 11.9 Å². The van der Waals surface area contributed by atoms with E-state index in [1.54, 1.807) is 17.4 Å². The molecule has 1 aliphatic carbocycles. The molecule has 1 fully saturated rings. The van der Waals surface area contributed by atoms with E-state index in [4.69, 9.17) is 10.2 Å². The van der Waals surface area contributed by atoms with Crippen LogP contribution in [-0.4, -0.2) is 23.5 Å². The van der Waals surface area contributed by atoms with Crippen molar-refractivity contribution in [3.05, 3.63) is 42.2 Å². The number of para-hydroxylation sites is 1. The fourth-order valence-corrected chi connectivity index (χ4v) is 4.23. The third-order valence-electron chi connectivity index (χ3n) is 4.61. The van der Waals surface area contributed by atoms with Crippen molar-refractivity contribution in [2.24, 2.45) is 11.7 Å². The number of nitrogens with one attached hydrogen (secondary N) is 1. The van der Waals surface area contributed by atoms with E-state index in [0.29, 0.717) is 24.0 Å². The second kappa shape index (κ2) is 6.37. The van der Waals surface area contributed by atoms with Crippen molar-refractivity contribution in [2.45, 2.75) is 25.3 Å². The molecule has 124 valence electrons. The maximum Gasteiger partial charge on any atom is 0.287 e. The van der Waals surface area contributed by atoms with Crippen LogP contribution in [0.3, 0.4) is 0 Å². The first-order valence-corrected chi connectivity index (χ1v) is 9.03. The molecular weight excluding hydrogens is 322 g/mol. The highest BCUT2D eigenvalue weighted by atomic mass is 32.1. The standard InChI is InChI=1S/C18H19N3O2S/c19-10-11-4-3-6-12(11)20-17(22)14-8-9-15(23-14)18-21-13-5-1-2-7-16(13)24-18/h1-2,5,7-9,11-12H,3-4,6,10,19H2,(H,20,22). The molecule has 2 unspecified atom stereocenters. The summed E-state index contributed by atoms with van der Waals surface area (Å²) in [5.41, 5.74) is 6.72. The summed E-state index contributed by atoms with van der Waals surface area (Å²) in [5, 5.41) is 3.85. The van der Waals surface area contributed by atoms with E-state index in [0.717, 1.165) is 34.5 Å². The summed E-state index contributed by atoms with van der Waals surface area (Å²) < 4.78 is 6.85. The summed E-state index contributed by atoms with van der Waals surface area (Å²) in [6, 6.07) is 11.6. The Morgan fingerprint density at radius 2 is 2.17 bits per heavy atom. The summed E-state index contributed by atoms with van der Waals surface area (Å²) in [6.45, 7) is 0.611. The van der Waals surface area contributed by atoms with Crippen LogP contribution in [0.15, 0.2) is 40.8 Å². The number of fused-ring (bicyclic) bond motifs is 1. The van der Waals surface area contributed by atoms with Crippen LogP contribution in [0.1, 0.15) is 29.8 Å². The first kappa shape index (κ1) is 15.4. The van der Waals surface area contributed by atoms with E-state index in [1.807, 2.05) is 30.3 Å². The number of aromatic nitrogens is 1. The summed E-state index contributed by atoms with van der Waals surface area (Å²) in [6.07, 6.45) is 3.18. The largest absolute Gasteiger partial charge is 0.448 e. The maximum atomic E-state index is 12.4. The summed E-state index contributed by atoms with van der Waals surface area (Å²) >= 11 is 1.56. The molecule has 1 aliphatic rings. The first-order valence-electron chi connectivity index (χ1n) is 8.21. The number of carbonyl (C=O) groups excluding carboxylic acids is 1. The van der Waals surface area contributed by atoms with Gasteiger partial charge in [-0.15, -0.1) is 11.3 Å². The van der Waals surface area contributed by atoms with E-state index in [1.165, 1.54) is 0 Å². The van der Waals surface area contributed by atoms with Crippen LogP contribution >= 0.6 is 11.3 Å². The van der Waals surface area contributed by atoms with Gasteiger partial charge in [-0.25, -0.2) is 4.98 Å². The van der Waals surface area contributed by atoms with Gasteiger partial charge in [0.25, 0.3) is 5.91 Å². The summed E-state index contributed by atoms with van der Waals surface area (Å²) in [7, 11) is 0. The van der Waals surface area contributed by atoms with E-state index < -0.39 is 0 Å². The number of nitrogens with zero attached hydrogens (tertiary/aromatic N) is 1. The van der Waals surface area contributed by atoms with Crippen molar-refractivity contribution in [3.8, 4) is 10.8 Å². The minimum atomic E-state index is -0.173. The van der Waals surface area contributed by atoms with Gasteiger partial charge in [0.1, 0.15) is 0 Å². The van der Waals surface area contributed by atoms with Gasteiger partial charge in [0, 0.05) is 6.04 Å². The Morgan fingerprint density at radius 1 is 1.29 bits per heavy atom. The van der Waals surface area contributed by atoms with Crippen molar-refractivity contribution in [2.75, 3.05) is 6.54 Å². The van der Waals surface area contributed by atoms with Crippen LogP contribution in [0.25, 0.3) is 21.0 Å². The average Bonchev–Trinajstić information content (AvgIpc) is 3.32. The number of nitrogens with two attached hydrogens (primary N) is 1. The number of rotatable bonds is 4. The Labute approximate surface area is 143 Å². The van der Waals surface area contributed by atoms with E-state index in [2.05, 4.69) is 10.3 Å². The number of carbonyl (C=O) groups is 1. The number of amides is 1. The second-order valence-corrected chi connectivity index (χ2v) is 7.19. The molecule has 24 heavy (non-hydrogen) atoms. The van der Waals surface area contributed by atoms with Crippen LogP contribution in [-0.2, 0) is 0 Å². The maximum absolute atomic E-state index is 12.4. The smallest absolute Gasteiger partial charge is 0.287 e. The fraction of sp³-hybridized carbons (Fsp3) is 0.333. The highest BCUT2D eigenvalue weighted by Gasteiger charge is 2.28. The minimum Gasteiger partial charge on any atom is -0.448 e. The minimum absolute atomic E-state index is 0.151. The second-order valence-electron chi connectivity index (χ2n) is 6.16. The lowest BCUT2D eigenvalue weighted by Crippen LogP contribution is -2.39. The van der Waals surface area contributed by atoms with Gasteiger partial charge in [-0.05, 0) is 49.6 Å². The SMILES string of the molecule is NCC1CCCC1NC(=O)c1ccc(-c2nc3ccccc3s2)o1. The Morgan fingerprint density at radius 3 is 3.00 bits per heavy atom. The predicted molar refractivity (Wildman–Crippen MR) is 95.0 cm³/mol. The molecule has 5 nitrogen and oxygen atoms in total. The van der Waals surface area contributed by atoms with Crippen molar-refractivity contribution >= 4 is 27.5 Å². The number of hydrogen-bond donors (Lipinski definition) is 2. The molecule has 2 aromatic heterocycles. The molecule has 0 bridgehead atoms. The molecule has 0 saturated heterocycles. The molecule has 3 N–H and O–H groups in total. The van der Waals surface area contributed by atoms with Gasteiger partial charge >= 0.3 is 0 Å². The van der Waals surface area contributed by atoms with Crippen LogP contribution < -0.4 is 11.1 Å². The zero-order valence-corrected chi connectivity index (χ0v) is 14.0. The van der Waals surface area contributed by atoms with E-state index >= 15 is 0 Å². The third kappa shape index (κ3) is 2.83. The molecular formula is C18H19N3O2S. The van der Waals surface area contributed by atoms with Gasteiger partial charge < -0.3 is 15.5 Å².